The highest BCUT2D eigenvalue weighted by Crippen LogP contribution is 2.38. The summed E-state index contributed by atoms with van der Waals surface area (Å²) < 4.78 is 5.47. The first-order valence-electron chi connectivity index (χ1n) is 9.42. The number of hydrogen-bond acceptors (Lipinski definition) is 4. The molecule has 4 nitrogen and oxygen atoms in total. The zero-order valence-electron chi connectivity index (χ0n) is 14.8. The van der Waals surface area contributed by atoms with E-state index < -0.39 is 0 Å². The molecule has 4 rings (SSSR count). The standard InChI is InChI=1S/C20H26ClN3O/c1-25-19-11-15-18(12-16(19)21)24-17-6-4-2-3-5-14(17)20(15)23-13-7-9-22-10-8-13/h11-13,22H,2-10H2,1H3,(H,23,24). The number of fused-ring (bicyclic) bond motifs is 2. The van der Waals surface area contributed by atoms with Crippen molar-refractivity contribution in [3.8, 4) is 5.75 Å². The van der Waals surface area contributed by atoms with E-state index in [1.807, 2.05) is 6.07 Å². The number of hydrogen-bond donors (Lipinski definition) is 2. The molecule has 2 heterocycles. The van der Waals surface area contributed by atoms with Gasteiger partial charge in [-0.1, -0.05) is 18.0 Å². The molecule has 2 N–H and O–H groups in total. The first-order chi connectivity index (χ1) is 12.3. The Kier molecular flexibility index (Phi) is 5.00. The fraction of sp³-hybridized carbons (Fsp3) is 0.550. The molecule has 1 aliphatic heterocycles. The van der Waals surface area contributed by atoms with Crippen LogP contribution in [0.1, 0.15) is 43.4 Å². The maximum absolute atomic E-state index is 6.37. The summed E-state index contributed by atoms with van der Waals surface area (Å²) in [6.45, 7) is 2.16. The molecular weight excluding hydrogens is 334 g/mol. The van der Waals surface area contributed by atoms with Gasteiger partial charge in [0.1, 0.15) is 5.75 Å². The molecule has 0 saturated carbocycles. The number of anilines is 1. The number of ether oxygens (including phenoxy) is 1. The van der Waals surface area contributed by atoms with Gasteiger partial charge in [0.15, 0.2) is 0 Å². The topological polar surface area (TPSA) is 46.2 Å². The third-order valence-corrected chi connectivity index (χ3v) is 5.77. The Balaban J connectivity index is 1.86. The van der Waals surface area contributed by atoms with Gasteiger partial charge in [0, 0.05) is 22.8 Å². The molecule has 0 amide bonds. The van der Waals surface area contributed by atoms with Gasteiger partial charge in [-0.3, -0.25) is 4.98 Å². The van der Waals surface area contributed by atoms with E-state index in [0.29, 0.717) is 11.1 Å². The van der Waals surface area contributed by atoms with Gasteiger partial charge in [0.2, 0.25) is 0 Å². The summed E-state index contributed by atoms with van der Waals surface area (Å²) >= 11 is 6.37. The number of piperidine rings is 1. The molecule has 1 fully saturated rings. The predicted molar refractivity (Wildman–Crippen MR) is 104 cm³/mol. The van der Waals surface area contributed by atoms with Crippen molar-refractivity contribution in [1.82, 2.24) is 10.3 Å². The van der Waals surface area contributed by atoms with Crippen LogP contribution in [0.15, 0.2) is 12.1 Å². The van der Waals surface area contributed by atoms with Crippen molar-refractivity contribution in [1.29, 1.82) is 0 Å². The Hall–Kier alpha value is -1.52. The molecule has 0 atom stereocenters. The summed E-state index contributed by atoms with van der Waals surface area (Å²) in [6.07, 6.45) is 8.23. The second kappa shape index (κ2) is 7.38. The Labute approximate surface area is 154 Å². The lowest BCUT2D eigenvalue weighted by Crippen LogP contribution is -2.35. The molecule has 0 spiro atoms. The van der Waals surface area contributed by atoms with Crippen LogP contribution in [0.3, 0.4) is 0 Å². The summed E-state index contributed by atoms with van der Waals surface area (Å²) in [4.78, 5) is 4.97. The van der Waals surface area contributed by atoms with Crippen molar-refractivity contribution in [3.05, 3.63) is 28.4 Å². The monoisotopic (exact) mass is 359 g/mol. The first-order valence-corrected chi connectivity index (χ1v) is 9.80. The van der Waals surface area contributed by atoms with Crippen molar-refractivity contribution in [2.24, 2.45) is 0 Å². The quantitative estimate of drug-likeness (QED) is 0.801. The third kappa shape index (κ3) is 3.42. The van der Waals surface area contributed by atoms with E-state index >= 15 is 0 Å². The maximum Gasteiger partial charge on any atom is 0.138 e. The fourth-order valence-corrected chi connectivity index (χ4v) is 4.33. The number of methoxy groups -OCH3 is 1. The van der Waals surface area contributed by atoms with Crippen LogP contribution in [0.5, 0.6) is 5.75 Å². The third-order valence-electron chi connectivity index (χ3n) is 5.47. The van der Waals surface area contributed by atoms with Crippen LogP contribution in [-0.4, -0.2) is 31.2 Å². The average molecular weight is 360 g/mol. The normalized spacial score (nSPS) is 18.6. The molecule has 1 aliphatic carbocycles. The molecule has 1 aromatic carbocycles. The average Bonchev–Trinajstić information content (AvgIpc) is 2.87. The first kappa shape index (κ1) is 16.9. The molecule has 2 aromatic rings. The number of pyridine rings is 1. The number of benzene rings is 1. The minimum absolute atomic E-state index is 0.515. The van der Waals surface area contributed by atoms with Gasteiger partial charge < -0.3 is 15.4 Å². The van der Waals surface area contributed by atoms with Gasteiger partial charge in [-0.2, -0.15) is 0 Å². The lowest BCUT2D eigenvalue weighted by molar-refractivity contribution is 0.415. The molecule has 134 valence electrons. The molecule has 1 aromatic heterocycles. The molecule has 1 saturated heterocycles. The summed E-state index contributed by atoms with van der Waals surface area (Å²) in [5.74, 6) is 0.720. The lowest BCUT2D eigenvalue weighted by atomic mass is 9.99. The number of aromatic nitrogens is 1. The highest BCUT2D eigenvalue weighted by molar-refractivity contribution is 6.33. The zero-order valence-corrected chi connectivity index (χ0v) is 15.6. The van der Waals surface area contributed by atoms with E-state index in [1.165, 1.54) is 36.2 Å². The summed E-state index contributed by atoms with van der Waals surface area (Å²) in [7, 11) is 1.67. The largest absolute Gasteiger partial charge is 0.495 e. The van der Waals surface area contributed by atoms with Gasteiger partial charge in [-0.25, -0.2) is 0 Å². The maximum atomic E-state index is 6.37. The Morgan fingerprint density at radius 2 is 1.96 bits per heavy atom. The number of nitrogens with zero attached hydrogens (tertiary/aromatic N) is 1. The minimum Gasteiger partial charge on any atom is -0.495 e. The second-order valence-electron chi connectivity index (χ2n) is 7.15. The SMILES string of the molecule is COc1cc2c(NC3CCNCC3)c3c(nc2cc1Cl)CCCCC3. The van der Waals surface area contributed by atoms with E-state index in [4.69, 9.17) is 21.3 Å². The molecule has 0 unspecified atom stereocenters. The Morgan fingerprint density at radius 1 is 1.16 bits per heavy atom. The van der Waals surface area contributed by atoms with Gasteiger partial charge in [0.25, 0.3) is 0 Å². The highest BCUT2D eigenvalue weighted by Gasteiger charge is 2.21. The van der Waals surface area contributed by atoms with Crippen LogP contribution in [0.2, 0.25) is 5.02 Å². The summed E-state index contributed by atoms with van der Waals surface area (Å²) in [6, 6.07) is 4.52. The number of aryl methyl sites for hydroxylation is 1. The van der Waals surface area contributed by atoms with Crippen LogP contribution in [-0.2, 0) is 12.8 Å². The molecule has 25 heavy (non-hydrogen) atoms. The van der Waals surface area contributed by atoms with Gasteiger partial charge in [0.05, 0.1) is 17.6 Å². The van der Waals surface area contributed by atoms with Crippen molar-refractivity contribution in [2.75, 3.05) is 25.5 Å². The van der Waals surface area contributed by atoms with Crippen molar-refractivity contribution in [2.45, 2.75) is 51.0 Å². The molecule has 0 radical (unpaired) electrons. The van der Waals surface area contributed by atoms with Crippen LogP contribution in [0.25, 0.3) is 10.9 Å². The Bertz CT molecular complexity index is 771. The van der Waals surface area contributed by atoms with Gasteiger partial charge in [-0.05, 0) is 69.3 Å². The fourth-order valence-electron chi connectivity index (χ4n) is 4.09. The zero-order chi connectivity index (χ0) is 17.2. The van der Waals surface area contributed by atoms with Crippen molar-refractivity contribution in [3.63, 3.8) is 0 Å². The summed E-state index contributed by atoms with van der Waals surface area (Å²) in [5.41, 5.74) is 4.90. The van der Waals surface area contributed by atoms with Crippen LogP contribution in [0.4, 0.5) is 5.69 Å². The van der Waals surface area contributed by atoms with Crippen LogP contribution in [0, 0.1) is 0 Å². The van der Waals surface area contributed by atoms with E-state index in [-0.39, 0.29) is 0 Å². The van der Waals surface area contributed by atoms with Crippen molar-refractivity contribution < 1.29 is 4.74 Å². The smallest absolute Gasteiger partial charge is 0.138 e. The van der Waals surface area contributed by atoms with Crippen LogP contribution < -0.4 is 15.4 Å². The van der Waals surface area contributed by atoms with E-state index in [9.17, 15) is 0 Å². The van der Waals surface area contributed by atoms with Crippen LogP contribution >= 0.6 is 11.6 Å². The van der Waals surface area contributed by atoms with Crippen molar-refractivity contribution >= 4 is 28.2 Å². The second-order valence-corrected chi connectivity index (χ2v) is 7.55. The molecular formula is C20H26ClN3O. The number of rotatable bonds is 3. The van der Waals surface area contributed by atoms with Gasteiger partial charge in [-0.15, -0.1) is 0 Å². The molecule has 2 aliphatic rings. The predicted octanol–water partition coefficient (Wildman–Crippen LogP) is 4.33. The lowest BCUT2D eigenvalue weighted by Gasteiger charge is -2.27. The molecule has 5 heteroatoms. The summed E-state index contributed by atoms with van der Waals surface area (Å²) in [5, 5.41) is 9.09. The number of nitrogens with one attached hydrogen (secondary N) is 2. The molecule has 0 bridgehead atoms. The van der Waals surface area contributed by atoms with E-state index in [0.717, 1.165) is 55.4 Å². The Morgan fingerprint density at radius 3 is 2.76 bits per heavy atom. The van der Waals surface area contributed by atoms with E-state index in [1.54, 1.807) is 7.11 Å². The minimum atomic E-state index is 0.515. The number of halogens is 1. The highest BCUT2D eigenvalue weighted by atomic mass is 35.5. The van der Waals surface area contributed by atoms with E-state index in [2.05, 4.69) is 16.7 Å². The van der Waals surface area contributed by atoms with Gasteiger partial charge >= 0.3 is 0 Å².